The Morgan fingerprint density at radius 1 is 1.29 bits per heavy atom. The predicted molar refractivity (Wildman–Crippen MR) is 86.4 cm³/mol. The normalized spacial score (nSPS) is 20.4. The highest BCUT2D eigenvalue weighted by atomic mass is 19.2. The van der Waals surface area contributed by atoms with Crippen LogP contribution in [0.2, 0.25) is 0 Å². The first kappa shape index (κ1) is 18.2. The molecule has 132 valence electrons. The molecule has 0 unspecified atom stereocenters. The van der Waals surface area contributed by atoms with Gasteiger partial charge in [-0.25, -0.2) is 13.6 Å². The van der Waals surface area contributed by atoms with Crippen molar-refractivity contribution in [1.29, 1.82) is 0 Å². The Hall–Kier alpha value is -2.18. The second-order valence-corrected chi connectivity index (χ2v) is 6.14. The number of amides is 3. The molecular formula is C17H23F2N3O2. The number of nitrogens with one attached hydrogen (secondary N) is 3. The van der Waals surface area contributed by atoms with Gasteiger partial charge in [0.25, 0.3) is 0 Å². The van der Waals surface area contributed by atoms with E-state index in [0.717, 1.165) is 24.5 Å². The molecule has 3 amide bonds. The quantitative estimate of drug-likeness (QED) is 0.695. The van der Waals surface area contributed by atoms with Gasteiger partial charge in [0, 0.05) is 13.1 Å². The van der Waals surface area contributed by atoms with Crippen LogP contribution >= 0.6 is 0 Å². The molecule has 0 aromatic heterocycles. The molecule has 7 heteroatoms. The smallest absolute Gasteiger partial charge is 0.315 e. The number of piperidine rings is 1. The van der Waals surface area contributed by atoms with Crippen molar-refractivity contribution in [3.8, 4) is 0 Å². The maximum absolute atomic E-state index is 13.1. The molecule has 1 saturated heterocycles. The van der Waals surface area contributed by atoms with E-state index in [-0.39, 0.29) is 17.9 Å². The summed E-state index contributed by atoms with van der Waals surface area (Å²) in [6, 6.07) is 3.00. The fraction of sp³-hybridized carbons (Fsp3) is 0.529. The maximum Gasteiger partial charge on any atom is 0.315 e. The molecule has 0 saturated carbocycles. The van der Waals surface area contributed by atoms with E-state index in [1.165, 1.54) is 6.07 Å². The van der Waals surface area contributed by atoms with Gasteiger partial charge >= 0.3 is 6.03 Å². The number of unbranched alkanes of at least 4 members (excludes halogenated alkanes) is 1. The highest BCUT2D eigenvalue weighted by Gasteiger charge is 2.29. The lowest BCUT2D eigenvalue weighted by Gasteiger charge is -2.28. The molecule has 2 atom stereocenters. The first-order chi connectivity index (χ1) is 11.5. The Balaban J connectivity index is 1.64. The van der Waals surface area contributed by atoms with Gasteiger partial charge in [0.1, 0.15) is 6.04 Å². The molecule has 0 spiro atoms. The Morgan fingerprint density at radius 3 is 2.79 bits per heavy atom. The van der Waals surface area contributed by atoms with E-state index in [2.05, 4.69) is 16.0 Å². The minimum absolute atomic E-state index is 0.109. The van der Waals surface area contributed by atoms with Crippen LogP contribution in [0.5, 0.6) is 0 Å². The van der Waals surface area contributed by atoms with Gasteiger partial charge in [-0.05, 0) is 49.3 Å². The molecule has 1 aromatic rings. The number of hydrogen-bond donors (Lipinski definition) is 3. The summed E-state index contributed by atoms with van der Waals surface area (Å²) in [5.74, 6) is -1.73. The molecule has 24 heavy (non-hydrogen) atoms. The van der Waals surface area contributed by atoms with Crippen LogP contribution in [0.3, 0.4) is 0 Å². The van der Waals surface area contributed by atoms with E-state index in [1.54, 1.807) is 6.07 Å². The zero-order valence-electron chi connectivity index (χ0n) is 13.7. The molecule has 0 radical (unpaired) electrons. The molecule has 0 bridgehead atoms. The van der Waals surface area contributed by atoms with Gasteiger partial charge in [0.15, 0.2) is 11.6 Å². The molecule has 2 rings (SSSR count). The standard InChI is InChI=1S/C17H23F2N3O2/c1-11-7-9-20-16(23)15(11)22-17(24)21-8-3-2-4-12-5-6-13(18)14(19)10-12/h5-6,10-11,15H,2-4,7-9H2,1H3,(H,20,23)(H2,21,22,24)/t11-,15+/m0/s1. The van der Waals surface area contributed by atoms with E-state index < -0.39 is 17.7 Å². The average molecular weight is 339 g/mol. The summed E-state index contributed by atoms with van der Waals surface area (Å²) in [5.41, 5.74) is 0.728. The monoisotopic (exact) mass is 339 g/mol. The first-order valence-electron chi connectivity index (χ1n) is 8.23. The fourth-order valence-corrected chi connectivity index (χ4v) is 2.71. The molecule has 1 aliphatic rings. The highest BCUT2D eigenvalue weighted by molar-refractivity contribution is 5.87. The number of carbonyl (C=O) groups is 2. The maximum atomic E-state index is 13.1. The van der Waals surface area contributed by atoms with Crippen molar-refractivity contribution in [1.82, 2.24) is 16.0 Å². The van der Waals surface area contributed by atoms with Crippen LogP contribution in [0.1, 0.15) is 31.7 Å². The molecule has 1 aliphatic heterocycles. The van der Waals surface area contributed by atoms with Crippen molar-refractivity contribution < 1.29 is 18.4 Å². The van der Waals surface area contributed by atoms with Gasteiger partial charge in [0.05, 0.1) is 0 Å². The molecule has 0 aliphatic carbocycles. The number of halogens is 2. The Bertz CT molecular complexity index is 595. The number of benzene rings is 1. The van der Waals surface area contributed by atoms with Crippen LogP contribution in [0.4, 0.5) is 13.6 Å². The topological polar surface area (TPSA) is 70.2 Å². The molecule has 1 fully saturated rings. The fourth-order valence-electron chi connectivity index (χ4n) is 2.71. The Kier molecular flexibility index (Phi) is 6.52. The summed E-state index contributed by atoms with van der Waals surface area (Å²) in [7, 11) is 0. The zero-order valence-corrected chi connectivity index (χ0v) is 13.7. The van der Waals surface area contributed by atoms with E-state index in [0.29, 0.717) is 25.9 Å². The van der Waals surface area contributed by atoms with Crippen LogP contribution in [0.25, 0.3) is 0 Å². The predicted octanol–water partition coefficient (Wildman–Crippen LogP) is 2.11. The molecular weight excluding hydrogens is 316 g/mol. The summed E-state index contributed by atoms with van der Waals surface area (Å²) >= 11 is 0. The Morgan fingerprint density at radius 2 is 2.08 bits per heavy atom. The van der Waals surface area contributed by atoms with Crippen molar-refractivity contribution in [2.75, 3.05) is 13.1 Å². The van der Waals surface area contributed by atoms with Crippen molar-refractivity contribution in [3.05, 3.63) is 35.4 Å². The first-order valence-corrected chi connectivity index (χ1v) is 8.23. The van der Waals surface area contributed by atoms with Crippen molar-refractivity contribution in [2.45, 2.75) is 38.6 Å². The summed E-state index contributed by atoms with van der Waals surface area (Å²) in [6.45, 7) is 3.04. The molecule has 1 heterocycles. The second kappa shape index (κ2) is 8.61. The third kappa shape index (κ3) is 5.18. The van der Waals surface area contributed by atoms with Gasteiger partial charge in [0.2, 0.25) is 5.91 Å². The van der Waals surface area contributed by atoms with E-state index in [1.807, 2.05) is 6.92 Å². The third-order valence-electron chi connectivity index (χ3n) is 4.20. The molecule has 3 N–H and O–H groups in total. The van der Waals surface area contributed by atoms with Gasteiger partial charge in [-0.1, -0.05) is 13.0 Å². The zero-order chi connectivity index (χ0) is 17.5. The molecule has 1 aromatic carbocycles. The minimum Gasteiger partial charge on any atom is -0.354 e. The van der Waals surface area contributed by atoms with Crippen LogP contribution in [-0.2, 0) is 11.2 Å². The van der Waals surface area contributed by atoms with Gasteiger partial charge < -0.3 is 16.0 Å². The van der Waals surface area contributed by atoms with Gasteiger partial charge in [-0.3, -0.25) is 4.79 Å². The highest BCUT2D eigenvalue weighted by Crippen LogP contribution is 2.12. The number of rotatable bonds is 6. The number of carbonyl (C=O) groups excluding carboxylic acids is 2. The van der Waals surface area contributed by atoms with Crippen molar-refractivity contribution >= 4 is 11.9 Å². The lowest BCUT2D eigenvalue weighted by Crippen LogP contribution is -2.56. The average Bonchev–Trinajstić information content (AvgIpc) is 2.54. The SMILES string of the molecule is C[C@H]1CCNC(=O)[C@@H]1NC(=O)NCCCCc1ccc(F)c(F)c1. The lowest BCUT2D eigenvalue weighted by molar-refractivity contribution is -0.125. The van der Waals surface area contributed by atoms with Crippen molar-refractivity contribution in [3.63, 3.8) is 0 Å². The summed E-state index contributed by atoms with van der Waals surface area (Å²) in [5, 5.41) is 8.13. The van der Waals surface area contributed by atoms with Gasteiger partial charge in [-0.2, -0.15) is 0 Å². The van der Waals surface area contributed by atoms with Gasteiger partial charge in [-0.15, -0.1) is 0 Å². The van der Waals surface area contributed by atoms with Crippen LogP contribution in [0.15, 0.2) is 18.2 Å². The number of aryl methyl sites for hydroxylation is 1. The third-order valence-corrected chi connectivity index (χ3v) is 4.20. The van der Waals surface area contributed by atoms with Crippen molar-refractivity contribution in [2.24, 2.45) is 5.92 Å². The van der Waals surface area contributed by atoms with E-state index >= 15 is 0 Å². The summed E-state index contributed by atoms with van der Waals surface area (Å²) in [4.78, 5) is 23.5. The summed E-state index contributed by atoms with van der Waals surface area (Å²) < 4.78 is 25.9. The molecule has 5 nitrogen and oxygen atoms in total. The largest absolute Gasteiger partial charge is 0.354 e. The lowest BCUT2D eigenvalue weighted by atomic mass is 9.94. The summed E-state index contributed by atoms with van der Waals surface area (Å²) in [6.07, 6.45) is 2.90. The Labute approximate surface area is 140 Å². The minimum atomic E-state index is -0.849. The van der Waals surface area contributed by atoms with E-state index in [9.17, 15) is 18.4 Å². The van der Waals surface area contributed by atoms with E-state index in [4.69, 9.17) is 0 Å². The number of hydrogen-bond acceptors (Lipinski definition) is 2. The van der Waals surface area contributed by atoms with Crippen LogP contribution in [-0.4, -0.2) is 31.1 Å². The second-order valence-electron chi connectivity index (χ2n) is 6.14. The van der Waals surface area contributed by atoms with Crippen LogP contribution < -0.4 is 16.0 Å². The van der Waals surface area contributed by atoms with Crippen LogP contribution in [0, 0.1) is 17.6 Å². The number of urea groups is 1.